The molecule has 0 aliphatic carbocycles. The second-order valence-electron chi connectivity index (χ2n) is 10.8. The van der Waals surface area contributed by atoms with Crippen molar-refractivity contribution >= 4 is 29.8 Å². The standard InChI is InChI=1S/C28H44N4O7/c1-9-28(7,8)32(25(36)20(17-21(29)33)31-26(37)39-27(4,5)6)23(19-14-12-11-13-18(19)3)24(35)30-16-15-22(34)38-10-2/h11-14,20,23H,9-10,15-17H2,1-8H3,(H2,29,33)(H,30,35)(H,31,37). The summed E-state index contributed by atoms with van der Waals surface area (Å²) in [7, 11) is 0. The van der Waals surface area contributed by atoms with E-state index in [1.165, 1.54) is 4.90 Å². The van der Waals surface area contributed by atoms with E-state index < -0.39 is 59.4 Å². The third kappa shape index (κ3) is 10.6. The summed E-state index contributed by atoms with van der Waals surface area (Å²) < 4.78 is 10.2. The van der Waals surface area contributed by atoms with Crippen LogP contribution in [-0.4, -0.2) is 65.0 Å². The summed E-state index contributed by atoms with van der Waals surface area (Å²) in [6.45, 7) is 14.2. The highest BCUT2D eigenvalue weighted by molar-refractivity contribution is 5.95. The quantitative estimate of drug-likeness (QED) is 0.320. The summed E-state index contributed by atoms with van der Waals surface area (Å²) in [5.74, 6) is -2.49. The van der Waals surface area contributed by atoms with Crippen LogP contribution in [0.5, 0.6) is 0 Å². The zero-order valence-corrected chi connectivity index (χ0v) is 24.4. The second kappa shape index (κ2) is 14.5. The number of carbonyl (C=O) groups excluding carboxylic acids is 5. The van der Waals surface area contributed by atoms with Crippen molar-refractivity contribution in [2.24, 2.45) is 5.73 Å². The molecule has 0 saturated heterocycles. The van der Waals surface area contributed by atoms with Crippen LogP contribution in [0.15, 0.2) is 24.3 Å². The van der Waals surface area contributed by atoms with E-state index in [0.29, 0.717) is 12.0 Å². The molecule has 0 heterocycles. The number of nitrogens with one attached hydrogen (secondary N) is 2. The molecular weight excluding hydrogens is 504 g/mol. The van der Waals surface area contributed by atoms with Gasteiger partial charge in [-0.05, 0) is 66.0 Å². The van der Waals surface area contributed by atoms with Gasteiger partial charge in [0.05, 0.1) is 19.4 Å². The lowest BCUT2D eigenvalue weighted by Crippen LogP contribution is -2.60. The van der Waals surface area contributed by atoms with E-state index in [-0.39, 0.29) is 19.6 Å². The molecule has 0 aliphatic heterocycles. The Labute approximate surface area is 231 Å². The number of nitrogens with zero attached hydrogens (tertiary/aromatic N) is 1. The Morgan fingerprint density at radius 2 is 1.64 bits per heavy atom. The lowest BCUT2D eigenvalue weighted by molar-refractivity contribution is -0.150. The van der Waals surface area contributed by atoms with Crippen molar-refractivity contribution in [1.82, 2.24) is 15.5 Å². The minimum atomic E-state index is -1.39. The SMILES string of the molecule is CCOC(=O)CCNC(=O)C(c1ccccc1C)N(C(=O)C(CC(N)=O)NC(=O)OC(C)(C)C)C(C)(C)CC. The predicted octanol–water partition coefficient (Wildman–Crippen LogP) is 2.89. The number of esters is 1. The van der Waals surface area contributed by atoms with Crippen molar-refractivity contribution in [2.75, 3.05) is 13.2 Å². The molecule has 0 bridgehead atoms. The number of carbonyl (C=O) groups is 5. The highest BCUT2D eigenvalue weighted by Gasteiger charge is 2.43. The van der Waals surface area contributed by atoms with E-state index >= 15 is 0 Å². The topological polar surface area (TPSA) is 157 Å². The van der Waals surface area contributed by atoms with Gasteiger partial charge in [-0.15, -0.1) is 0 Å². The monoisotopic (exact) mass is 548 g/mol. The number of rotatable bonds is 13. The maximum Gasteiger partial charge on any atom is 0.408 e. The Balaban J connectivity index is 3.58. The Morgan fingerprint density at radius 1 is 1.03 bits per heavy atom. The molecule has 11 nitrogen and oxygen atoms in total. The number of alkyl carbamates (subject to hydrolysis) is 1. The molecule has 0 spiro atoms. The van der Waals surface area contributed by atoms with Crippen molar-refractivity contribution in [1.29, 1.82) is 0 Å². The van der Waals surface area contributed by atoms with Crippen molar-refractivity contribution in [2.45, 2.75) is 97.9 Å². The van der Waals surface area contributed by atoms with Crippen molar-refractivity contribution in [3.63, 3.8) is 0 Å². The first-order chi connectivity index (χ1) is 18.0. The van der Waals surface area contributed by atoms with E-state index in [1.54, 1.807) is 53.7 Å². The maximum atomic E-state index is 14.2. The van der Waals surface area contributed by atoms with Crippen LogP contribution in [0.3, 0.4) is 0 Å². The molecule has 39 heavy (non-hydrogen) atoms. The fourth-order valence-electron chi connectivity index (χ4n) is 3.87. The van der Waals surface area contributed by atoms with Gasteiger partial charge >= 0.3 is 12.1 Å². The molecule has 0 aliphatic rings. The summed E-state index contributed by atoms with van der Waals surface area (Å²) in [6.07, 6.45) is -1.01. The van der Waals surface area contributed by atoms with E-state index in [0.717, 1.165) is 5.56 Å². The molecule has 1 rings (SSSR count). The van der Waals surface area contributed by atoms with E-state index in [2.05, 4.69) is 10.6 Å². The van der Waals surface area contributed by atoms with E-state index in [9.17, 15) is 24.0 Å². The third-order valence-electron chi connectivity index (χ3n) is 6.07. The maximum absolute atomic E-state index is 14.2. The van der Waals surface area contributed by atoms with Gasteiger partial charge in [0.25, 0.3) is 0 Å². The van der Waals surface area contributed by atoms with Crippen LogP contribution in [0, 0.1) is 6.92 Å². The molecule has 4 N–H and O–H groups in total. The van der Waals surface area contributed by atoms with Gasteiger partial charge in [0.1, 0.15) is 17.7 Å². The van der Waals surface area contributed by atoms with Gasteiger partial charge in [0, 0.05) is 12.1 Å². The van der Waals surface area contributed by atoms with Gasteiger partial charge in [0.15, 0.2) is 0 Å². The fraction of sp³-hybridized carbons (Fsp3) is 0.607. The predicted molar refractivity (Wildman–Crippen MR) is 146 cm³/mol. The zero-order chi connectivity index (χ0) is 30.0. The second-order valence-corrected chi connectivity index (χ2v) is 10.8. The Kier molecular flexibility index (Phi) is 12.4. The molecule has 11 heteroatoms. The molecule has 1 aromatic carbocycles. The molecule has 0 fully saturated rings. The number of ether oxygens (including phenoxy) is 2. The van der Waals surface area contributed by atoms with Crippen LogP contribution in [0.2, 0.25) is 0 Å². The first-order valence-corrected chi connectivity index (χ1v) is 13.1. The molecule has 0 radical (unpaired) electrons. The van der Waals surface area contributed by atoms with E-state index in [1.807, 2.05) is 26.0 Å². The molecular formula is C28H44N4O7. The smallest absolute Gasteiger partial charge is 0.408 e. The number of hydrogen-bond acceptors (Lipinski definition) is 7. The highest BCUT2D eigenvalue weighted by atomic mass is 16.6. The zero-order valence-electron chi connectivity index (χ0n) is 24.4. The lowest BCUT2D eigenvalue weighted by atomic mass is 9.90. The minimum Gasteiger partial charge on any atom is -0.466 e. The van der Waals surface area contributed by atoms with Crippen molar-refractivity contribution < 1.29 is 33.4 Å². The molecule has 2 unspecified atom stereocenters. The van der Waals surface area contributed by atoms with Crippen LogP contribution in [0.1, 0.15) is 84.9 Å². The van der Waals surface area contributed by atoms with Gasteiger partial charge in [-0.25, -0.2) is 4.79 Å². The van der Waals surface area contributed by atoms with Crippen LogP contribution in [0.4, 0.5) is 4.79 Å². The van der Waals surface area contributed by atoms with Crippen molar-refractivity contribution in [3.05, 3.63) is 35.4 Å². The number of amides is 4. The van der Waals surface area contributed by atoms with Crippen LogP contribution >= 0.6 is 0 Å². The summed E-state index contributed by atoms with van der Waals surface area (Å²) in [5, 5.41) is 5.21. The van der Waals surface area contributed by atoms with E-state index in [4.69, 9.17) is 15.2 Å². The van der Waals surface area contributed by atoms with Gasteiger partial charge < -0.3 is 30.7 Å². The number of primary amides is 1. The Bertz CT molecular complexity index is 1030. The number of hydrogen-bond donors (Lipinski definition) is 3. The van der Waals surface area contributed by atoms with Gasteiger partial charge in [-0.2, -0.15) is 0 Å². The fourth-order valence-corrected chi connectivity index (χ4v) is 3.87. The van der Waals surface area contributed by atoms with Crippen LogP contribution < -0.4 is 16.4 Å². The molecule has 0 aromatic heterocycles. The van der Waals surface area contributed by atoms with Crippen LogP contribution in [0.25, 0.3) is 0 Å². The minimum absolute atomic E-state index is 0.00446. The number of benzene rings is 1. The van der Waals surface area contributed by atoms with Crippen molar-refractivity contribution in [3.8, 4) is 0 Å². The molecule has 2 atom stereocenters. The lowest BCUT2D eigenvalue weighted by Gasteiger charge is -2.44. The van der Waals surface area contributed by atoms with Gasteiger partial charge in [0.2, 0.25) is 17.7 Å². The Morgan fingerprint density at radius 3 is 2.15 bits per heavy atom. The normalized spacial score (nSPS) is 13.0. The first-order valence-electron chi connectivity index (χ1n) is 13.1. The largest absolute Gasteiger partial charge is 0.466 e. The molecule has 4 amide bonds. The first kappa shape index (κ1) is 33.4. The number of aryl methyl sites for hydroxylation is 1. The Hall–Kier alpha value is -3.63. The number of nitrogens with two attached hydrogens (primary N) is 1. The van der Waals surface area contributed by atoms with Gasteiger partial charge in [-0.1, -0.05) is 31.2 Å². The van der Waals surface area contributed by atoms with Crippen LogP contribution in [-0.2, 0) is 28.7 Å². The molecule has 1 aromatic rings. The summed E-state index contributed by atoms with van der Waals surface area (Å²) in [4.78, 5) is 65.7. The molecule has 0 saturated carbocycles. The highest BCUT2D eigenvalue weighted by Crippen LogP contribution is 2.33. The average molecular weight is 549 g/mol. The third-order valence-corrected chi connectivity index (χ3v) is 6.07. The summed E-state index contributed by atoms with van der Waals surface area (Å²) in [6, 6.07) is 4.58. The summed E-state index contributed by atoms with van der Waals surface area (Å²) >= 11 is 0. The van der Waals surface area contributed by atoms with Gasteiger partial charge in [-0.3, -0.25) is 19.2 Å². The average Bonchev–Trinajstić information content (AvgIpc) is 2.80. The molecule has 218 valence electrons. The summed E-state index contributed by atoms with van der Waals surface area (Å²) in [5.41, 5.74) is 4.98.